The number of hydrogen-bond acceptors (Lipinski definition) is 3. The van der Waals surface area contributed by atoms with Crippen LogP contribution < -0.4 is 5.32 Å². The van der Waals surface area contributed by atoms with Crippen LogP contribution in [-0.2, 0) is 9.53 Å². The molecule has 0 spiro atoms. The molecule has 0 bridgehead atoms. The lowest BCUT2D eigenvalue weighted by molar-refractivity contribution is -0.149. The van der Waals surface area contributed by atoms with E-state index in [1.807, 2.05) is 4.90 Å². The Morgan fingerprint density at radius 3 is 2.75 bits per heavy atom. The topological polar surface area (TPSA) is 78.9 Å². The molecule has 0 aromatic carbocycles. The number of hydrogen-bond donors (Lipinski definition) is 2. The third-order valence-corrected chi connectivity index (χ3v) is 4.18. The number of likely N-dealkylation sites (tertiary alicyclic amines) is 1. The predicted octanol–water partition coefficient (Wildman–Crippen LogP) is 1.59. The number of carbonyl (C=O) groups is 2. The Morgan fingerprint density at radius 1 is 1.25 bits per heavy atom. The van der Waals surface area contributed by atoms with Crippen molar-refractivity contribution in [3.8, 4) is 0 Å². The van der Waals surface area contributed by atoms with Gasteiger partial charge in [-0.3, -0.25) is 0 Å². The lowest BCUT2D eigenvalue weighted by Gasteiger charge is -2.27. The minimum atomic E-state index is -0.917. The molecule has 2 rings (SSSR count). The van der Waals surface area contributed by atoms with E-state index in [1.165, 1.54) is 12.8 Å². The fourth-order valence-electron chi connectivity index (χ4n) is 2.92. The van der Waals surface area contributed by atoms with Gasteiger partial charge in [0.25, 0.3) is 0 Å². The molecule has 2 N–H and O–H groups in total. The van der Waals surface area contributed by atoms with E-state index in [0.29, 0.717) is 19.4 Å². The largest absolute Gasteiger partial charge is 0.479 e. The zero-order valence-corrected chi connectivity index (χ0v) is 12.0. The summed E-state index contributed by atoms with van der Waals surface area (Å²) in [7, 11) is 0. The molecule has 2 heterocycles. The number of amides is 2. The van der Waals surface area contributed by atoms with Crippen LogP contribution in [0.5, 0.6) is 0 Å². The van der Waals surface area contributed by atoms with E-state index in [1.54, 1.807) is 0 Å². The maximum Gasteiger partial charge on any atom is 0.332 e. The standard InChI is InChI=1S/C14H24N2O4/c1-10-5-3-2-4-8-16(10)14(19)15-9-11-6-7-12(20-11)13(17)18/h10-12H,2-9H2,1H3,(H,15,19)(H,17,18). The molecule has 3 atom stereocenters. The van der Waals surface area contributed by atoms with Gasteiger partial charge >= 0.3 is 12.0 Å². The Bertz CT molecular complexity index is 361. The summed E-state index contributed by atoms with van der Waals surface area (Å²) in [5.74, 6) is -0.917. The van der Waals surface area contributed by atoms with Gasteiger partial charge in [-0.2, -0.15) is 0 Å². The molecule has 0 aromatic heterocycles. The van der Waals surface area contributed by atoms with Crippen LogP contribution in [0.3, 0.4) is 0 Å². The molecule has 3 unspecified atom stereocenters. The Kier molecular flexibility index (Phi) is 5.23. The molecule has 2 aliphatic rings. The minimum absolute atomic E-state index is 0.0539. The Balaban J connectivity index is 1.76. The second-order valence-electron chi connectivity index (χ2n) is 5.74. The smallest absolute Gasteiger partial charge is 0.332 e. The summed E-state index contributed by atoms with van der Waals surface area (Å²) >= 11 is 0. The first-order valence-corrected chi connectivity index (χ1v) is 7.50. The maximum atomic E-state index is 12.2. The fraction of sp³-hybridized carbons (Fsp3) is 0.857. The van der Waals surface area contributed by atoms with E-state index in [-0.39, 0.29) is 18.2 Å². The van der Waals surface area contributed by atoms with Crippen LogP contribution in [0.4, 0.5) is 4.79 Å². The molecular weight excluding hydrogens is 260 g/mol. The van der Waals surface area contributed by atoms with Crippen molar-refractivity contribution in [1.29, 1.82) is 0 Å². The molecule has 0 aromatic rings. The van der Waals surface area contributed by atoms with Crippen LogP contribution in [0.1, 0.15) is 45.4 Å². The zero-order chi connectivity index (χ0) is 14.5. The minimum Gasteiger partial charge on any atom is -0.479 e. The number of carbonyl (C=O) groups excluding carboxylic acids is 1. The van der Waals surface area contributed by atoms with Crippen molar-refractivity contribution in [2.45, 2.75) is 63.7 Å². The van der Waals surface area contributed by atoms with Crippen LogP contribution in [0.2, 0.25) is 0 Å². The lowest BCUT2D eigenvalue weighted by atomic mass is 10.1. The van der Waals surface area contributed by atoms with E-state index in [4.69, 9.17) is 9.84 Å². The molecule has 6 heteroatoms. The van der Waals surface area contributed by atoms with Crippen LogP contribution >= 0.6 is 0 Å². The summed E-state index contributed by atoms with van der Waals surface area (Å²) in [6, 6.07) is 0.218. The van der Waals surface area contributed by atoms with Crippen molar-refractivity contribution in [2.24, 2.45) is 0 Å². The number of carboxylic acid groups (broad SMARTS) is 1. The number of rotatable bonds is 3. The van der Waals surface area contributed by atoms with Gasteiger partial charge in [0.2, 0.25) is 0 Å². The van der Waals surface area contributed by atoms with Gasteiger partial charge in [0.15, 0.2) is 6.10 Å². The van der Waals surface area contributed by atoms with Crippen molar-refractivity contribution in [2.75, 3.05) is 13.1 Å². The first-order chi connectivity index (χ1) is 9.58. The highest BCUT2D eigenvalue weighted by Gasteiger charge is 2.31. The molecule has 0 aliphatic carbocycles. The summed E-state index contributed by atoms with van der Waals surface area (Å²) in [6.07, 6.45) is 4.78. The normalized spacial score (nSPS) is 30.9. The molecular formula is C14H24N2O4. The van der Waals surface area contributed by atoms with Crippen molar-refractivity contribution >= 4 is 12.0 Å². The van der Waals surface area contributed by atoms with Crippen molar-refractivity contribution in [3.63, 3.8) is 0 Å². The van der Waals surface area contributed by atoms with E-state index in [0.717, 1.165) is 19.4 Å². The SMILES string of the molecule is CC1CCCCCN1C(=O)NCC1CCC(C(=O)O)O1. The average molecular weight is 284 g/mol. The van der Waals surface area contributed by atoms with Gasteiger partial charge in [-0.25, -0.2) is 9.59 Å². The van der Waals surface area contributed by atoms with Crippen molar-refractivity contribution in [1.82, 2.24) is 10.2 Å². The number of nitrogens with one attached hydrogen (secondary N) is 1. The quantitative estimate of drug-likeness (QED) is 0.825. The van der Waals surface area contributed by atoms with Gasteiger partial charge in [-0.15, -0.1) is 0 Å². The Morgan fingerprint density at radius 2 is 2.05 bits per heavy atom. The molecule has 2 amide bonds. The van der Waals surface area contributed by atoms with E-state index < -0.39 is 12.1 Å². The molecule has 2 saturated heterocycles. The maximum absolute atomic E-state index is 12.2. The molecule has 20 heavy (non-hydrogen) atoms. The monoisotopic (exact) mass is 284 g/mol. The molecule has 2 fully saturated rings. The van der Waals surface area contributed by atoms with Gasteiger partial charge in [-0.05, 0) is 32.6 Å². The van der Waals surface area contributed by atoms with E-state index >= 15 is 0 Å². The number of urea groups is 1. The van der Waals surface area contributed by atoms with E-state index in [2.05, 4.69) is 12.2 Å². The average Bonchev–Trinajstić information content (AvgIpc) is 2.79. The molecule has 2 aliphatic heterocycles. The highest BCUT2D eigenvalue weighted by atomic mass is 16.5. The zero-order valence-electron chi connectivity index (χ0n) is 12.0. The molecule has 0 saturated carbocycles. The van der Waals surface area contributed by atoms with Crippen LogP contribution in [0.25, 0.3) is 0 Å². The number of aliphatic carboxylic acids is 1. The summed E-state index contributed by atoms with van der Waals surface area (Å²) < 4.78 is 5.38. The first-order valence-electron chi connectivity index (χ1n) is 7.50. The second-order valence-corrected chi connectivity index (χ2v) is 5.74. The molecule has 6 nitrogen and oxygen atoms in total. The third-order valence-electron chi connectivity index (χ3n) is 4.18. The molecule has 114 valence electrons. The van der Waals surface area contributed by atoms with E-state index in [9.17, 15) is 9.59 Å². The van der Waals surface area contributed by atoms with Crippen LogP contribution in [0, 0.1) is 0 Å². The summed E-state index contributed by atoms with van der Waals surface area (Å²) in [5, 5.41) is 11.7. The second kappa shape index (κ2) is 6.92. The Labute approximate surface area is 119 Å². The van der Waals surface area contributed by atoms with Gasteiger partial charge < -0.3 is 20.1 Å². The van der Waals surface area contributed by atoms with Gasteiger partial charge in [0, 0.05) is 19.1 Å². The number of carboxylic acids is 1. The summed E-state index contributed by atoms with van der Waals surface area (Å²) in [5.41, 5.74) is 0. The van der Waals surface area contributed by atoms with Crippen molar-refractivity contribution in [3.05, 3.63) is 0 Å². The third kappa shape index (κ3) is 3.85. The fourth-order valence-corrected chi connectivity index (χ4v) is 2.92. The highest BCUT2D eigenvalue weighted by molar-refractivity contribution is 5.74. The first kappa shape index (κ1) is 15.1. The van der Waals surface area contributed by atoms with Crippen LogP contribution in [0.15, 0.2) is 0 Å². The highest BCUT2D eigenvalue weighted by Crippen LogP contribution is 2.20. The van der Waals surface area contributed by atoms with Gasteiger partial charge in [-0.1, -0.05) is 12.8 Å². The summed E-state index contributed by atoms with van der Waals surface area (Å²) in [4.78, 5) is 24.9. The molecule has 0 radical (unpaired) electrons. The predicted molar refractivity (Wildman–Crippen MR) is 73.6 cm³/mol. The van der Waals surface area contributed by atoms with Gasteiger partial charge in [0.1, 0.15) is 0 Å². The number of nitrogens with zero attached hydrogens (tertiary/aromatic N) is 1. The van der Waals surface area contributed by atoms with Crippen LogP contribution in [-0.4, -0.2) is 53.3 Å². The Hall–Kier alpha value is -1.30. The lowest BCUT2D eigenvalue weighted by Crippen LogP contribution is -2.46. The van der Waals surface area contributed by atoms with Crippen molar-refractivity contribution < 1.29 is 19.4 Å². The van der Waals surface area contributed by atoms with Gasteiger partial charge in [0.05, 0.1) is 6.10 Å². The summed E-state index contributed by atoms with van der Waals surface area (Å²) in [6.45, 7) is 3.28. The number of ether oxygens (including phenoxy) is 1.